The Hall–Kier alpha value is -3.40. The number of carboxylic acid groups (broad SMARTS) is 1. The van der Waals surface area contributed by atoms with Crippen LogP contribution in [0.1, 0.15) is 74.3 Å². The van der Waals surface area contributed by atoms with Gasteiger partial charge in [-0.3, -0.25) is 0 Å². The second kappa shape index (κ2) is 11.4. The third kappa shape index (κ3) is 6.27. The summed E-state index contributed by atoms with van der Waals surface area (Å²) in [5.41, 5.74) is 0.617. The van der Waals surface area contributed by atoms with Gasteiger partial charge in [0.05, 0.1) is 33.0 Å². The molecule has 1 unspecified atom stereocenters. The van der Waals surface area contributed by atoms with E-state index in [0.29, 0.717) is 23.0 Å². The van der Waals surface area contributed by atoms with Crippen LogP contribution in [0.15, 0.2) is 42.5 Å². The molecule has 2 atom stereocenters. The van der Waals surface area contributed by atoms with Gasteiger partial charge in [-0.1, -0.05) is 30.3 Å². The van der Waals surface area contributed by atoms with Crippen LogP contribution in [-0.2, 0) is 9.53 Å². The van der Waals surface area contributed by atoms with Crippen LogP contribution in [0.5, 0.6) is 11.5 Å². The highest BCUT2D eigenvalue weighted by molar-refractivity contribution is 5.88. The molecule has 8 nitrogen and oxygen atoms in total. The van der Waals surface area contributed by atoms with E-state index in [1.807, 2.05) is 49.4 Å². The van der Waals surface area contributed by atoms with E-state index in [0.717, 1.165) is 24.0 Å². The van der Waals surface area contributed by atoms with Gasteiger partial charge in [0.25, 0.3) is 5.92 Å². The predicted molar refractivity (Wildman–Crippen MR) is 141 cm³/mol. The van der Waals surface area contributed by atoms with Crippen LogP contribution in [0.2, 0.25) is 0 Å². The van der Waals surface area contributed by atoms with Crippen molar-refractivity contribution in [2.45, 2.75) is 69.1 Å². The first-order valence-corrected chi connectivity index (χ1v) is 13.1. The van der Waals surface area contributed by atoms with Crippen LogP contribution in [0.4, 0.5) is 13.6 Å². The maximum Gasteiger partial charge on any atom is 0.329 e. The second-order valence-corrected chi connectivity index (χ2v) is 10.4. The third-order valence-corrected chi connectivity index (χ3v) is 7.61. The summed E-state index contributed by atoms with van der Waals surface area (Å²) in [7, 11) is 3.15. The van der Waals surface area contributed by atoms with Crippen LogP contribution in [0, 0.1) is 0 Å². The first-order chi connectivity index (χ1) is 18.5. The fraction of sp³-hybridized carbons (Fsp3) is 0.517. The summed E-state index contributed by atoms with van der Waals surface area (Å²) in [5.74, 6) is -2.99. The highest BCUT2D eigenvalue weighted by atomic mass is 19.3. The largest absolute Gasteiger partial charge is 0.496 e. The van der Waals surface area contributed by atoms with Crippen molar-refractivity contribution in [2.75, 3.05) is 27.4 Å². The Morgan fingerprint density at radius 1 is 1.05 bits per heavy atom. The highest BCUT2D eigenvalue weighted by Gasteiger charge is 2.62. The Balaban J connectivity index is 1.58. The molecule has 2 aliphatic carbocycles. The van der Waals surface area contributed by atoms with Crippen LogP contribution in [0.25, 0.3) is 0 Å². The minimum absolute atomic E-state index is 0.0886. The van der Waals surface area contributed by atoms with Crippen molar-refractivity contribution in [3.63, 3.8) is 0 Å². The molecule has 0 heterocycles. The molecule has 2 aliphatic rings. The Morgan fingerprint density at radius 3 is 2.13 bits per heavy atom. The molecule has 2 fully saturated rings. The topological polar surface area (TPSA) is 97.3 Å². The summed E-state index contributed by atoms with van der Waals surface area (Å²) < 4.78 is 44.7. The molecule has 2 amide bonds. The van der Waals surface area contributed by atoms with Gasteiger partial charge >= 0.3 is 12.0 Å². The number of hydrogen-bond donors (Lipinski definition) is 2. The summed E-state index contributed by atoms with van der Waals surface area (Å²) in [6.45, 7) is 3.91. The third-order valence-electron chi connectivity index (χ3n) is 7.61. The lowest BCUT2D eigenvalue weighted by molar-refractivity contribution is -0.175. The van der Waals surface area contributed by atoms with E-state index in [1.165, 1.54) is 4.90 Å². The van der Waals surface area contributed by atoms with Crippen molar-refractivity contribution in [2.24, 2.45) is 0 Å². The molecule has 2 saturated carbocycles. The zero-order valence-electron chi connectivity index (χ0n) is 22.7. The molecule has 0 spiro atoms. The molecule has 212 valence electrons. The van der Waals surface area contributed by atoms with Crippen molar-refractivity contribution in [1.29, 1.82) is 0 Å². The number of amides is 2. The number of alkyl halides is 2. The van der Waals surface area contributed by atoms with Crippen molar-refractivity contribution >= 4 is 12.0 Å². The molecule has 0 aliphatic heterocycles. The number of carbonyl (C=O) groups excluding carboxylic acids is 1. The molecule has 10 heteroatoms. The predicted octanol–water partition coefficient (Wildman–Crippen LogP) is 5.68. The second-order valence-electron chi connectivity index (χ2n) is 10.4. The van der Waals surface area contributed by atoms with Crippen LogP contribution < -0.4 is 14.8 Å². The molecule has 2 aromatic carbocycles. The van der Waals surface area contributed by atoms with E-state index in [4.69, 9.17) is 14.2 Å². The number of methoxy groups -OCH3 is 2. The van der Waals surface area contributed by atoms with E-state index < -0.39 is 42.3 Å². The number of nitrogens with one attached hydrogen (secondary N) is 1. The van der Waals surface area contributed by atoms with Gasteiger partial charge in [0.15, 0.2) is 5.54 Å². The monoisotopic (exact) mass is 546 g/mol. The Kier molecular flexibility index (Phi) is 8.34. The van der Waals surface area contributed by atoms with Gasteiger partial charge in [-0.05, 0) is 55.9 Å². The van der Waals surface area contributed by atoms with Gasteiger partial charge in [-0.25, -0.2) is 18.4 Å². The number of nitrogens with zero attached hydrogens (tertiary/aromatic N) is 1. The number of rotatable bonds is 12. The van der Waals surface area contributed by atoms with Gasteiger partial charge in [-0.15, -0.1) is 0 Å². The summed E-state index contributed by atoms with van der Waals surface area (Å²) in [5, 5.41) is 12.1. The number of ether oxygens (including phenoxy) is 3. The first-order valence-electron chi connectivity index (χ1n) is 13.1. The molecule has 0 saturated heterocycles. The standard InChI is InChI=1S/C29H36F2N2O6/c1-18(22-14-23(37-3)25(21-10-11-21)24(15-22)38-4)33(12-13-39-19(2)20-8-6-5-7-9-20)27(36)32-28(26(34)35)16-29(30,31)17-28/h5-9,14-15,18-19,21H,10-13,16-17H2,1-4H3,(H,32,36)(H,34,35)/t18?,19-/m0/s1. The molecule has 0 aromatic heterocycles. The summed E-state index contributed by atoms with van der Waals surface area (Å²) in [6.07, 6.45) is -0.0881. The molecule has 4 rings (SSSR count). The summed E-state index contributed by atoms with van der Waals surface area (Å²) in [6, 6.07) is 11.9. The van der Waals surface area contributed by atoms with Gasteiger partial charge in [0.1, 0.15) is 11.5 Å². The summed E-state index contributed by atoms with van der Waals surface area (Å²) in [4.78, 5) is 26.8. The normalized spacial score (nSPS) is 18.8. The van der Waals surface area contributed by atoms with Crippen LogP contribution in [-0.4, -0.2) is 60.8 Å². The minimum Gasteiger partial charge on any atom is -0.496 e. The number of hydrogen-bond acceptors (Lipinski definition) is 5. The Labute approximate surface area is 227 Å². The van der Waals surface area contributed by atoms with Gasteiger partial charge in [-0.2, -0.15) is 0 Å². The molecular formula is C29H36F2N2O6. The van der Waals surface area contributed by atoms with E-state index in [-0.39, 0.29) is 19.3 Å². The molecule has 2 aromatic rings. The lowest BCUT2D eigenvalue weighted by Gasteiger charge is -2.45. The zero-order chi connectivity index (χ0) is 28.4. The molecule has 0 radical (unpaired) electrons. The van der Waals surface area contributed by atoms with Crippen LogP contribution in [0.3, 0.4) is 0 Å². The fourth-order valence-corrected chi connectivity index (χ4v) is 5.17. The van der Waals surface area contributed by atoms with Gasteiger partial charge in [0, 0.05) is 24.9 Å². The quantitative estimate of drug-likeness (QED) is 0.355. The van der Waals surface area contributed by atoms with Crippen molar-refractivity contribution in [3.05, 3.63) is 59.2 Å². The first kappa shape index (κ1) is 28.6. The van der Waals surface area contributed by atoms with E-state index in [9.17, 15) is 23.5 Å². The highest BCUT2D eigenvalue weighted by Crippen LogP contribution is 2.50. The molecule has 0 bridgehead atoms. The Bertz CT molecular complexity index is 1150. The van der Waals surface area contributed by atoms with Crippen molar-refractivity contribution in [3.8, 4) is 11.5 Å². The Morgan fingerprint density at radius 2 is 1.64 bits per heavy atom. The minimum atomic E-state index is -3.14. The number of halogens is 2. The van der Waals surface area contributed by atoms with Crippen molar-refractivity contribution in [1.82, 2.24) is 10.2 Å². The number of aliphatic carboxylic acids is 1. The molecule has 39 heavy (non-hydrogen) atoms. The van der Waals surface area contributed by atoms with Gasteiger partial charge < -0.3 is 29.5 Å². The van der Waals surface area contributed by atoms with E-state index >= 15 is 0 Å². The number of urea groups is 1. The molecular weight excluding hydrogens is 510 g/mol. The number of carboxylic acids is 1. The maximum atomic E-state index is 13.7. The average Bonchev–Trinajstić information content (AvgIpc) is 3.74. The molecule has 2 N–H and O–H groups in total. The zero-order valence-corrected chi connectivity index (χ0v) is 22.7. The number of carbonyl (C=O) groups is 2. The SMILES string of the molecule is COc1cc(C(C)N(CCO[C@@H](C)c2ccccc2)C(=O)NC2(C(=O)O)CC(F)(F)C2)cc(OC)c1C1CC1. The maximum absolute atomic E-state index is 13.7. The van der Waals surface area contributed by atoms with Crippen LogP contribution >= 0.6 is 0 Å². The summed E-state index contributed by atoms with van der Waals surface area (Å²) >= 11 is 0. The average molecular weight is 547 g/mol. The lowest BCUT2D eigenvalue weighted by Crippen LogP contribution is -2.68. The van der Waals surface area contributed by atoms with E-state index in [1.54, 1.807) is 21.1 Å². The van der Waals surface area contributed by atoms with Gasteiger partial charge in [0.2, 0.25) is 0 Å². The van der Waals surface area contributed by atoms with Crippen molar-refractivity contribution < 1.29 is 37.7 Å². The lowest BCUT2D eigenvalue weighted by atomic mass is 9.73. The van der Waals surface area contributed by atoms with E-state index in [2.05, 4.69) is 5.32 Å². The smallest absolute Gasteiger partial charge is 0.329 e. The fourth-order valence-electron chi connectivity index (χ4n) is 5.17. The number of benzene rings is 2.